The summed E-state index contributed by atoms with van der Waals surface area (Å²) in [7, 11) is 0. The molecule has 1 aromatic heterocycles. The molecule has 7 heteroatoms. The van der Waals surface area contributed by atoms with E-state index in [0.717, 1.165) is 16.8 Å². The Hall–Kier alpha value is -2.67. The van der Waals surface area contributed by atoms with E-state index in [1.807, 2.05) is 32.0 Å². The molecule has 3 rings (SSSR count). The van der Waals surface area contributed by atoms with Crippen LogP contribution in [0.15, 0.2) is 41.5 Å². The molecule has 0 radical (unpaired) electrons. The summed E-state index contributed by atoms with van der Waals surface area (Å²) in [5.74, 6) is -0.424. The predicted molar refractivity (Wildman–Crippen MR) is 90.0 cm³/mol. The fourth-order valence-electron chi connectivity index (χ4n) is 2.26. The maximum atomic E-state index is 12.3. The third-order valence-electron chi connectivity index (χ3n) is 3.47. The standard InChI is InChI=1S/C16H16N4O2S/c1-10-3-4-11(2)13(9-10)20-14(21)6-5-12(19-20)15(22)18-16-17-7-8-23-16/h3-5,7-9,19H,6H2,1-2H3,(H,17,18,22). The molecule has 2 heterocycles. The molecule has 0 aliphatic carbocycles. The molecule has 118 valence electrons. The minimum atomic E-state index is -0.317. The number of rotatable bonds is 3. The summed E-state index contributed by atoms with van der Waals surface area (Å²) >= 11 is 1.34. The van der Waals surface area contributed by atoms with E-state index in [9.17, 15) is 9.59 Å². The van der Waals surface area contributed by atoms with Crippen LogP contribution in [-0.4, -0.2) is 16.8 Å². The minimum absolute atomic E-state index is 0.107. The average molecular weight is 328 g/mol. The zero-order valence-electron chi connectivity index (χ0n) is 12.8. The number of nitrogens with zero attached hydrogens (tertiary/aromatic N) is 2. The fraction of sp³-hybridized carbons (Fsp3) is 0.188. The highest BCUT2D eigenvalue weighted by atomic mass is 32.1. The van der Waals surface area contributed by atoms with Gasteiger partial charge in [-0.3, -0.25) is 20.3 Å². The van der Waals surface area contributed by atoms with Crippen LogP contribution < -0.4 is 15.8 Å². The number of carbonyl (C=O) groups is 2. The predicted octanol–water partition coefficient (Wildman–Crippen LogP) is 2.52. The molecule has 0 fully saturated rings. The summed E-state index contributed by atoms with van der Waals surface area (Å²) < 4.78 is 0. The van der Waals surface area contributed by atoms with E-state index in [0.29, 0.717) is 10.8 Å². The van der Waals surface area contributed by atoms with Gasteiger partial charge in [0.05, 0.1) is 5.69 Å². The molecular formula is C16H16N4O2S. The molecule has 0 bridgehead atoms. The molecule has 0 spiro atoms. The Morgan fingerprint density at radius 3 is 2.96 bits per heavy atom. The number of amides is 2. The van der Waals surface area contributed by atoms with Crippen LogP contribution in [0.5, 0.6) is 0 Å². The zero-order chi connectivity index (χ0) is 16.4. The fourth-order valence-corrected chi connectivity index (χ4v) is 2.78. The molecule has 2 amide bonds. The number of aromatic nitrogens is 1. The molecule has 0 atom stereocenters. The van der Waals surface area contributed by atoms with Crippen molar-refractivity contribution in [1.82, 2.24) is 10.4 Å². The molecule has 0 saturated heterocycles. The number of thiazole rings is 1. The Morgan fingerprint density at radius 2 is 2.22 bits per heavy atom. The van der Waals surface area contributed by atoms with Crippen LogP contribution in [0.2, 0.25) is 0 Å². The van der Waals surface area contributed by atoms with Crippen molar-refractivity contribution in [2.24, 2.45) is 0 Å². The van der Waals surface area contributed by atoms with Gasteiger partial charge >= 0.3 is 0 Å². The van der Waals surface area contributed by atoms with Crippen molar-refractivity contribution in [1.29, 1.82) is 0 Å². The van der Waals surface area contributed by atoms with Gasteiger partial charge in [-0.2, -0.15) is 0 Å². The summed E-state index contributed by atoms with van der Waals surface area (Å²) in [6.45, 7) is 3.89. The second-order valence-corrected chi connectivity index (χ2v) is 6.14. The molecule has 23 heavy (non-hydrogen) atoms. The lowest BCUT2D eigenvalue weighted by Gasteiger charge is -2.29. The molecular weight excluding hydrogens is 312 g/mol. The van der Waals surface area contributed by atoms with Gasteiger partial charge < -0.3 is 0 Å². The molecule has 1 aromatic carbocycles. The average Bonchev–Trinajstić information content (AvgIpc) is 3.03. The molecule has 2 aromatic rings. The summed E-state index contributed by atoms with van der Waals surface area (Å²) in [5.41, 5.74) is 6.00. The highest BCUT2D eigenvalue weighted by Crippen LogP contribution is 2.23. The van der Waals surface area contributed by atoms with E-state index in [1.54, 1.807) is 17.7 Å². The van der Waals surface area contributed by atoms with Gasteiger partial charge in [-0.25, -0.2) is 9.99 Å². The summed E-state index contributed by atoms with van der Waals surface area (Å²) in [6.07, 6.45) is 3.38. The first kappa shape index (κ1) is 15.2. The summed E-state index contributed by atoms with van der Waals surface area (Å²) in [6, 6.07) is 5.86. The van der Waals surface area contributed by atoms with Crippen LogP contribution in [0.4, 0.5) is 10.8 Å². The van der Waals surface area contributed by atoms with Crippen molar-refractivity contribution in [3.8, 4) is 0 Å². The number of aryl methyl sites for hydroxylation is 2. The topological polar surface area (TPSA) is 74.3 Å². The van der Waals surface area contributed by atoms with Crippen LogP contribution >= 0.6 is 11.3 Å². The molecule has 2 N–H and O–H groups in total. The smallest absolute Gasteiger partial charge is 0.275 e. The second-order valence-electron chi connectivity index (χ2n) is 5.24. The Morgan fingerprint density at radius 1 is 1.39 bits per heavy atom. The first-order valence-electron chi connectivity index (χ1n) is 7.12. The first-order valence-corrected chi connectivity index (χ1v) is 8.00. The Balaban J connectivity index is 1.82. The number of nitrogens with one attached hydrogen (secondary N) is 2. The van der Waals surface area contributed by atoms with Crippen molar-refractivity contribution < 1.29 is 9.59 Å². The van der Waals surface area contributed by atoms with Crippen LogP contribution in [0.3, 0.4) is 0 Å². The van der Waals surface area contributed by atoms with Crippen LogP contribution in [0.1, 0.15) is 17.5 Å². The summed E-state index contributed by atoms with van der Waals surface area (Å²) in [5, 5.41) is 6.44. The van der Waals surface area contributed by atoms with Crippen molar-refractivity contribution >= 4 is 34.0 Å². The first-order chi connectivity index (χ1) is 11.0. The lowest BCUT2D eigenvalue weighted by atomic mass is 10.1. The van der Waals surface area contributed by atoms with Crippen molar-refractivity contribution in [3.05, 3.63) is 52.7 Å². The van der Waals surface area contributed by atoms with Gasteiger partial charge in [0.1, 0.15) is 5.70 Å². The van der Waals surface area contributed by atoms with Crippen molar-refractivity contribution in [3.63, 3.8) is 0 Å². The van der Waals surface area contributed by atoms with E-state index < -0.39 is 0 Å². The quantitative estimate of drug-likeness (QED) is 0.908. The lowest BCUT2D eigenvalue weighted by molar-refractivity contribution is -0.119. The van der Waals surface area contributed by atoms with Gasteiger partial charge in [-0.15, -0.1) is 11.3 Å². The van der Waals surface area contributed by atoms with E-state index >= 15 is 0 Å². The minimum Gasteiger partial charge on any atom is -0.297 e. The number of hydrogen-bond donors (Lipinski definition) is 2. The molecule has 0 saturated carbocycles. The van der Waals surface area contributed by atoms with Gasteiger partial charge in [-0.05, 0) is 37.1 Å². The maximum Gasteiger partial charge on any atom is 0.275 e. The number of hydrogen-bond acceptors (Lipinski definition) is 5. The van der Waals surface area contributed by atoms with Crippen molar-refractivity contribution in [2.45, 2.75) is 20.3 Å². The van der Waals surface area contributed by atoms with E-state index in [2.05, 4.69) is 15.7 Å². The molecule has 1 aliphatic rings. The normalized spacial score (nSPS) is 14.3. The number of anilines is 2. The molecule has 1 aliphatic heterocycles. The SMILES string of the molecule is Cc1ccc(C)c(N2NC(C(=O)Nc3nccs3)=CCC2=O)c1. The summed E-state index contributed by atoms with van der Waals surface area (Å²) in [4.78, 5) is 28.5. The van der Waals surface area contributed by atoms with Gasteiger partial charge in [0, 0.05) is 18.0 Å². The van der Waals surface area contributed by atoms with Crippen LogP contribution in [0, 0.1) is 13.8 Å². The number of benzene rings is 1. The van der Waals surface area contributed by atoms with Gasteiger partial charge in [0.25, 0.3) is 5.91 Å². The van der Waals surface area contributed by atoms with Gasteiger partial charge in [-0.1, -0.05) is 12.1 Å². The molecule has 0 unspecified atom stereocenters. The number of carbonyl (C=O) groups excluding carboxylic acids is 2. The van der Waals surface area contributed by atoms with Gasteiger partial charge in [0.15, 0.2) is 5.13 Å². The van der Waals surface area contributed by atoms with E-state index in [4.69, 9.17) is 0 Å². The van der Waals surface area contributed by atoms with Gasteiger partial charge in [0.2, 0.25) is 5.91 Å². The second kappa shape index (κ2) is 6.21. The lowest BCUT2D eigenvalue weighted by Crippen LogP contribution is -2.48. The third-order valence-corrected chi connectivity index (χ3v) is 4.15. The maximum absolute atomic E-state index is 12.3. The Bertz CT molecular complexity index is 783. The van der Waals surface area contributed by atoms with E-state index in [1.165, 1.54) is 16.3 Å². The monoisotopic (exact) mass is 328 g/mol. The largest absolute Gasteiger partial charge is 0.297 e. The highest BCUT2D eigenvalue weighted by molar-refractivity contribution is 7.13. The molecule has 6 nitrogen and oxygen atoms in total. The van der Waals surface area contributed by atoms with Crippen LogP contribution in [0.25, 0.3) is 0 Å². The highest BCUT2D eigenvalue weighted by Gasteiger charge is 2.25. The van der Waals surface area contributed by atoms with E-state index in [-0.39, 0.29) is 18.2 Å². The zero-order valence-corrected chi connectivity index (χ0v) is 13.6. The number of hydrazine groups is 1. The van der Waals surface area contributed by atoms with Crippen LogP contribution in [-0.2, 0) is 9.59 Å². The van der Waals surface area contributed by atoms with Crippen molar-refractivity contribution in [2.75, 3.05) is 10.3 Å². The third kappa shape index (κ3) is 3.24. The Kier molecular flexibility index (Phi) is 4.12. The Labute approximate surface area is 137 Å².